The van der Waals surface area contributed by atoms with Crippen molar-refractivity contribution < 1.29 is 9.18 Å². The number of hydrogen-bond acceptors (Lipinski definition) is 3. The largest absolute Gasteiger partial charge is 0.322 e. The summed E-state index contributed by atoms with van der Waals surface area (Å²) in [5, 5.41) is 2.68. The lowest BCUT2D eigenvalue weighted by molar-refractivity contribution is 0.102. The van der Waals surface area contributed by atoms with Gasteiger partial charge in [-0.05, 0) is 30.3 Å². The number of nitrogens with one attached hydrogen (secondary N) is 1. The number of hydrogen-bond donors (Lipinski definition) is 1. The van der Waals surface area contributed by atoms with Crippen molar-refractivity contribution in [2.24, 2.45) is 0 Å². The number of anilines is 1. The Labute approximate surface area is 112 Å². The van der Waals surface area contributed by atoms with Crippen molar-refractivity contribution in [3.63, 3.8) is 0 Å². The molecule has 1 aromatic heterocycles. The number of halogens is 1. The molecule has 3 rings (SSSR count). The first-order valence-electron chi connectivity index (χ1n) is 5.63. The first-order chi connectivity index (χ1) is 9.24. The van der Waals surface area contributed by atoms with E-state index in [2.05, 4.69) is 10.3 Å². The number of amides is 1. The van der Waals surface area contributed by atoms with Gasteiger partial charge in [-0.15, -0.1) is 11.3 Å². The molecule has 0 aliphatic heterocycles. The smallest absolute Gasteiger partial charge is 0.258 e. The summed E-state index contributed by atoms with van der Waals surface area (Å²) in [6, 6.07) is 11.3. The topological polar surface area (TPSA) is 42.0 Å². The van der Waals surface area contributed by atoms with Crippen LogP contribution < -0.4 is 5.32 Å². The van der Waals surface area contributed by atoms with Crippen LogP contribution in [0.3, 0.4) is 0 Å². The number of nitrogens with zero attached hydrogens (tertiary/aromatic N) is 1. The fraction of sp³-hybridized carbons (Fsp3) is 0. The second-order valence-corrected chi connectivity index (χ2v) is 4.86. The molecule has 0 bridgehead atoms. The van der Waals surface area contributed by atoms with Crippen LogP contribution in [0.15, 0.2) is 48.0 Å². The second-order valence-electron chi connectivity index (χ2n) is 3.97. The third-order valence-corrected chi connectivity index (χ3v) is 3.50. The molecular formula is C14H9FN2OS. The van der Waals surface area contributed by atoms with Gasteiger partial charge in [-0.2, -0.15) is 0 Å². The number of aromatic nitrogens is 1. The number of fused-ring (bicyclic) bond motifs is 1. The zero-order valence-electron chi connectivity index (χ0n) is 9.76. The Kier molecular flexibility index (Phi) is 2.97. The summed E-state index contributed by atoms with van der Waals surface area (Å²) in [4.78, 5) is 16.1. The average molecular weight is 272 g/mol. The average Bonchev–Trinajstić information content (AvgIpc) is 2.86. The lowest BCUT2D eigenvalue weighted by Gasteiger charge is -2.05. The van der Waals surface area contributed by atoms with Crippen molar-refractivity contribution >= 4 is 33.1 Å². The highest BCUT2D eigenvalue weighted by molar-refractivity contribution is 7.16. The molecule has 0 aliphatic rings. The van der Waals surface area contributed by atoms with Gasteiger partial charge in [0, 0.05) is 5.69 Å². The zero-order valence-corrected chi connectivity index (χ0v) is 10.6. The Bertz CT molecular complexity index is 754. The summed E-state index contributed by atoms with van der Waals surface area (Å²) < 4.78 is 14.5. The maximum atomic E-state index is 13.5. The van der Waals surface area contributed by atoms with Gasteiger partial charge in [-0.1, -0.05) is 12.1 Å². The standard InChI is InChI=1S/C14H9FN2OS/c15-11-4-2-1-3-10(11)14(18)17-9-5-6-12-13(7-9)19-8-16-12/h1-8H,(H,17,18). The van der Waals surface area contributed by atoms with Crippen molar-refractivity contribution in [2.75, 3.05) is 5.32 Å². The molecule has 19 heavy (non-hydrogen) atoms. The molecule has 1 amide bonds. The highest BCUT2D eigenvalue weighted by Gasteiger charge is 2.11. The summed E-state index contributed by atoms with van der Waals surface area (Å²) in [6.45, 7) is 0. The SMILES string of the molecule is O=C(Nc1ccc2ncsc2c1)c1ccccc1F. The molecule has 3 nitrogen and oxygen atoms in total. The molecule has 3 aromatic rings. The van der Waals surface area contributed by atoms with Crippen LogP contribution in [0.25, 0.3) is 10.2 Å². The van der Waals surface area contributed by atoms with E-state index in [0.717, 1.165) is 10.2 Å². The monoisotopic (exact) mass is 272 g/mol. The Morgan fingerprint density at radius 1 is 1.21 bits per heavy atom. The normalized spacial score (nSPS) is 10.6. The van der Waals surface area contributed by atoms with Gasteiger partial charge in [0.05, 0.1) is 21.3 Å². The molecular weight excluding hydrogens is 263 g/mol. The van der Waals surface area contributed by atoms with Gasteiger partial charge in [-0.3, -0.25) is 4.79 Å². The maximum Gasteiger partial charge on any atom is 0.258 e. The molecule has 0 atom stereocenters. The van der Waals surface area contributed by atoms with Crippen LogP contribution in [-0.4, -0.2) is 10.9 Å². The number of carbonyl (C=O) groups excluding carboxylic acids is 1. The fourth-order valence-corrected chi connectivity index (χ4v) is 2.49. The number of rotatable bonds is 2. The Hall–Kier alpha value is -2.27. The third-order valence-electron chi connectivity index (χ3n) is 2.71. The van der Waals surface area contributed by atoms with E-state index in [4.69, 9.17) is 0 Å². The summed E-state index contributed by atoms with van der Waals surface area (Å²) in [6.07, 6.45) is 0. The van der Waals surface area contributed by atoms with Gasteiger partial charge in [0.15, 0.2) is 0 Å². The maximum absolute atomic E-state index is 13.5. The van der Waals surface area contributed by atoms with E-state index in [-0.39, 0.29) is 5.56 Å². The van der Waals surface area contributed by atoms with Crippen LogP contribution >= 0.6 is 11.3 Å². The summed E-state index contributed by atoms with van der Waals surface area (Å²) in [7, 11) is 0. The van der Waals surface area contributed by atoms with Crippen molar-refractivity contribution in [1.29, 1.82) is 0 Å². The quantitative estimate of drug-likeness (QED) is 0.773. The van der Waals surface area contributed by atoms with Gasteiger partial charge in [-0.25, -0.2) is 9.37 Å². The van der Waals surface area contributed by atoms with E-state index in [1.165, 1.54) is 23.5 Å². The first-order valence-corrected chi connectivity index (χ1v) is 6.51. The van der Waals surface area contributed by atoms with E-state index in [1.807, 2.05) is 12.1 Å². The fourth-order valence-electron chi connectivity index (χ4n) is 1.78. The van der Waals surface area contributed by atoms with Crippen LogP contribution in [-0.2, 0) is 0 Å². The van der Waals surface area contributed by atoms with Crippen molar-refractivity contribution in [1.82, 2.24) is 4.98 Å². The predicted molar refractivity (Wildman–Crippen MR) is 74.0 cm³/mol. The molecule has 0 spiro atoms. The van der Waals surface area contributed by atoms with Crippen molar-refractivity contribution in [3.05, 3.63) is 59.4 Å². The van der Waals surface area contributed by atoms with E-state index < -0.39 is 11.7 Å². The van der Waals surface area contributed by atoms with E-state index >= 15 is 0 Å². The zero-order chi connectivity index (χ0) is 13.2. The summed E-state index contributed by atoms with van der Waals surface area (Å²) in [5.74, 6) is -0.985. The van der Waals surface area contributed by atoms with Crippen LogP contribution in [0.2, 0.25) is 0 Å². The molecule has 2 aromatic carbocycles. The minimum Gasteiger partial charge on any atom is -0.322 e. The highest BCUT2D eigenvalue weighted by atomic mass is 32.1. The molecule has 0 radical (unpaired) electrons. The van der Waals surface area contributed by atoms with Crippen LogP contribution in [0.5, 0.6) is 0 Å². The lowest BCUT2D eigenvalue weighted by Crippen LogP contribution is -2.13. The number of carbonyl (C=O) groups is 1. The van der Waals surface area contributed by atoms with Crippen LogP contribution in [0, 0.1) is 5.82 Å². The molecule has 1 N–H and O–H groups in total. The molecule has 0 aliphatic carbocycles. The Balaban J connectivity index is 1.88. The number of thiazole rings is 1. The van der Waals surface area contributed by atoms with Gasteiger partial charge >= 0.3 is 0 Å². The lowest BCUT2D eigenvalue weighted by atomic mass is 10.2. The summed E-state index contributed by atoms with van der Waals surface area (Å²) in [5.41, 5.74) is 3.29. The molecule has 1 heterocycles. The Morgan fingerprint density at radius 2 is 2.05 bits per heavy atom. The highest BCUT2D eigenvalue weighted by Crippen LogP contribution is 2.22. The third kappa shape index (κ3) is 2.32. The van der Waals surface area contributed by atoms with Crippen molar-refractivity contribution in [2.45, 2.75) is 0 Å². The van der Waals surface area contributed by atoms with E-state index in [9.17, 15) is 9.18 Å². The minimum absolute atomic E-state index is 0.0342. The number of benzene rings is 2. The molecule has 0 unspecified atom stereocenters. The van der Waals surface area contributed by atoms with Gasteiger partial charge in [0.2, 0.25) is 0 Å². The molecule has 5 heteroatoms. The molecule has 0 fully saturated rings. The van der Waals surface area contributed by atoms with Crippen molar-refractivity contribution in [3.8, 4) is 0 Å². The predicted octanol–water partition coefficient (Wildman–Crippen LogP) is 3.69. The molecule has 0 saturated carbocycles. The first kappa shape index (κ1) is 11.8. The molecule has 0 saturated heterocycles. The van der Waals surface area contributed by atoms with E-state index in [0.29, 0.717) is 5.69 Å². The molecule has 94 valence electrons. The summed E-state index contributed by atoms with van der Waals surface area (Å²) >= 11 is 1.49. The van der Waals surface area contributed by atoms with Gasteiger partial charge in [0.1, 0.15) is 5.82 Å². The van der Waals surface area contributed by atoms with Gasteiger partial charge < -0.3 is 5.32 Å². The van der Waals surface area contributed by atoms with Gasteiger partial charge in [0.25, 0.3) is 5.91 Å². The second kappa shape index (κ2) is 4.78. The van der Waals surface area contributed by atoms with Crippen LogP contribution in [0.4, 0.5) is 10.1 Å². The van der Waals surface area contributed by atoms with E-state index in [1.54, 1.807) is 23.7 Å². The van der Waals surface area contributed by atoms with Crippen LogP contribution in [0.1, 0.15) is 10.4 Å². The minimum atomic E-state index is -0.529. The Morgan fingerprint density at radius 3 is 2.89 bits per heavy atom.